The van der Waals surface area contributed by atoms with E-state index in [0.29, 0.717) is 31.6 Å². The van der Waals surface area contributed by atoms with Crippen molar-refractivity contribution in [3.63, 3.8) is 0 Å². The highest BCUT2D eigenvalue weighted by atomic mass is 19.3. The Labute approximate surface area is 179 Å². The lowest BCUT2D eigenvalue weighted by Gasteiger charge is -2.30. The first-order chi connectivity index (χ1) is 15.0. The number of benzene rings is 2. The minimum atomic E-state index is -3.00. The van der Waals surface area contributed by atoms with E-state index in [2.05, 4.69) is 10.1 Å². The number of alkyl halides is 2. The Bertz CT molecular complexity index is 926. The van der Waals surface area contributed by atoms with Crippen molar-refractivity contribution in [2.75, 3.05) is 25.5 Å². The van der Waals surface area contributed by atoms with Gasteiger partial charge in [-0.3, -0.25) is 9.59 Å². The van der Waals surface area contributed by atoms with E-state index in [1.54, 1.807) is 17.0 Å². The molecule has 1 aliphatic heterocycles. The highest BCUT2D eigenvalue weighted by molar-refractivity contribution is 5.94. The van der Waals surface area contributed by atoms with Crippen molar-refractivity contribution in [1.29, 1.82) is 0 Å². The van der Waals surface area contributed by atoms with Gasteiger partial charge >= 0.3 is 6.61 Å². The van der Waals surface area contributed by atoms with Gasteiger partial charge in [-0.1, -0.05) is 30.3 Å². The van der Waals surface area contributed by atoms with E-state index in [0.717, 1.165) is 5.56 Å². The van der Waals surface area contributed by atoms with Crippen LogP contribution in [0, 0.1) is 5.92 Å². The summed E-state index contributed by atoms with van der Waals surface area (Å²) >= 11 is 0. The maximum absolute atomic E-state index is 12.6. The van der Waals surface area contributed by atoms with E-state index in [-0.39, 0.29) is 29.2 Å². The number of likely N-dealkylation sites (tertiary alicyclic amines) is 1. The third kappa shape index (κ3) is 6.28. The number of halogens is 2. The average molecular weight is 430 g/mol. The van der Waals surface area contributed by atoms with Crippen molar-refractivity contribution in [2.45, 2.75) is 19.5 Å². The Hall–Kier alpha value is -3.42. The van der Waals surface area contributed by atoms with Crippen LogP contribution in [0.2, 0.25) is 0 Å². The summed E-state index contributed by atoms with van der Waals surface area (Å²) < 4.78 is 34.6. The fraction of sp³-hybridized carbons (Fsp3) is 0.304. The first-order valence-electron chi connectivity index (χ1n) is 9.92. The molecule has 1 saturated heterocycles. The number of anilines is 1. The molecule has 0 radical (unpaired) electrons. The van der Waals surface area contributed by atoms with Gasteiger partial charge in [-0.2, -0.15) is 8.78 Å². The van der Waals surface area contributed by atoms with Gasteiger partial charge in [0.1, 0.15) is 0 Å². The normalized spacial score (nSPS) is 14.6. The van der Waals surface area contributed by atoms with Crippen LogP contribution in [0.5, 0.6) is 11.5 Å². The minimum absolute atomic E-state index is 0.0911. The van der Waals surface area contributed by atoms with Crippen LogP contribution in [0.4, 0.5) is 14.5 Å². The fourth-order valence-corrected chi connectivity index (χ4v) is 3.39. The Morgan fingerprint density at radius 1 is 1.10 bits per heavy atom. The van der Waals surface area contributed by atoms with Gasteiger partial charge in [-0.05, 0) is 36.6 Å². The van der Waals surface area contributed by atoms with Gasteiger partial charge in [0.15, 0.2) is 11.5 Å². The van der Waals surface area contributed by atoms with E-state index in [9.17, 15) is 18.4 Å². The molecule has 1 aliphatic rings. The van der Waals surface area contributed by atoms with E-state index in [1.165, 1.54) is 25.3 Å². The zero-order valence-electron chi connectivity index (χ0n) is 17.1. The molecule has 0 saturated carbocycles. The molecular formula is C23H24F2N2O4. The summed E-state index contributed by atoms with van der Waals surface area (Å²) in [5.41, 5.74) is 1.28. The minimum Gasteiger partial charge on any atom is -0.493 e. The smallest absolute Gasteiger partial charge is 0.387 e. The molecule has 2 amide bonds. The lowest BCUT2D eigenvalue weighted by Crippen LogP contribution is -2.40. The summed E-state index contributed by atoms with van der Waals surface area (Å²) in [5, 5.41) is 2.73. The molecule has 1 N–H and O–H groups in total. The number of piperidine rings is 1. The SMILES string of the molecule is COc1ccc(NC(=O)C2CCN(C(=O)C=Cc3ccccc3)CC2)cc1OC(F)F. The summed E-state index contributed by atoms with van der Waals surface area (Å²) in [4.78, 5) is 26.7. The quantitative estimate of drug-likeness (QED) is 0.669. The van der Waals surface area contributed by atoms with E-state index in [4.69, 9.17) is 4.74 Å². The number of amides is 2. The molecule has 31 heavy (non-hydrogen) atoms. The van der Waals surface area contributed by atoms with Crippen molar-refractivity contribution in [2.24, 2.45) is 5.92 Å². The molecule has 1 fully saturated rings. The molecule has 8 heteroatoms. The predicted octanol–water partition coefficient (Wildman–Crippen LogP) is 4.19. The molecule has 6 nitrogen and oxygen atoms in total. The Morgan fingerprint density at radius 2 is 1.81 bits per heavy atom. The zero-order chi connectivity index (χ0) is 22.2. The molecule has 2 aromatic carbocycles. The largest absolute Gasteiger partial charge is 0.493 e. The van der Waals surface area contributed by atoms with Gasteiger partial charge in [0.25, 0.3) is 0 Å². The lowest BCUT2D eigenvalue weighted by molar-refractivity contribution is -0.130. The van der Waals surface area contributed by atoms with Crippen LogP contribution >= 0.6 is 0 Å². The topological polar surface area (TPSA) is 67.9 Å². The zero-order valence-corrected chi connectivity index (χ0v) is 17.1. The monoisotopic (exact) mass is 430 g/mol. The number of carbonyl (C=O) groups is 2. The van der Waals surface area contributed by atoms with Crippen molar-refractivity contribution >= 4 is 23.6 Å². The molecule has 1 heterocycles. The fourth-order valence-electron chi connectivity index (χ4n) is 3.39. The van der Waals surface area contributed by atoms with Gasteiger partial charge in [-0.25, -0.2) is 0 Å². The molecule has 0 unspecified atom stereocenters. The van der Waals surface area contributed by atoms with Crippen LogP contribution in [-0.2, 0) is 9.59 Å². The third-order valence-electron chi connectivity index (χ3n) is 5.04. The number of hydrogen-bond donors (Lipinski definition) is 1. The number of carbonyl (C=O) groups excluding carboxylic acids is 2. The number of ether oxygens (including phenoxy) is 2. The molecule has 0 bridgehead atoms. The van der Waals surface area contributed by atoms with Crippen LogP contribution in [0.15, 0.2) is 54.6 Å². The highest BCUT2D eigenvalue weighted by Gasteiger charge is 2.27. The standard InChI is InChI=1S/C23H24F2N2O4/c1-30-19-9-8-18(15-20(19)31-23(24)25)26-22(29)17-11-13-27(14-12-17)21(28)10-7-16-5-3-2-4-6-16/h2-10,15,17,23H,11-14H2,1H3,(H,26,29). The van der Waals surface area contributed by atoms with Gasteiger partial charge in [0.2, 0.25) is 11.8 Å². The maximum Gasteiger partial charge on any atom is 0.387 e. The first-order valence-corrected chi connectivity index (χ1v) is 9.92. The molecule has 2 aromatic rings. The van der Waals surface area contributed by atoms with Gasteiger partial charge in [0.05, 0.1) is 7.11 Å². The molecular weight excluding hydrogens is 406 g/mol. The number of rotatable bonds is 7. The highest BCUT2D eigenvalue weighted by Crippen LogP contribution is 2.32. The van der Waals surface area contributed by atoms with Gasteiger partial charge in [0, 0.05) is 36.8 Å². The Morgan fingerprint density at radius 3 is 2.45 bits per heavy atom. The Kier molecular flexibility index (Phi) is 7.59. The van der Waals surface area contributed by atoms with Crippen LogP contribution < -0.4 is 14.8 Å². The molecule has 0 aliphatic carbocycles. The van der Waals surface area contributed by atoms with E-state index >= 15 is 0 Å². The Balaban J connectivity index is 1.53. The molecule has 164 valence electrons. The molecule has 0 atom stereocenters. The summed E-state index contributed by atoms with van der Waals surface area (Å²) in [6.45, 7) is -2.06. The number of hydrogen-bond acceptors (Lipinski definition) is 4. The van der Waals surface area contributed by atoms with Crippen molar-refractivity contribution in [3.05, 3.63) is 60.2 Å². The van der Waals surface area contributed by atoms with Crippen molar-refractivity contribution in [3.8, 4) is 11.5 Å². The van der Waals surface area contributed by atoms with Crippen LogP contribution in [0.25, 0.3) is 6.08 Å². The van der Waals surface area contributed by atoms with Crippen LogP contribution in [0.1, 0.15) is 18.4 Å². The number of nitrogens with one attached hydrogen (secondary N) is 1. The van der Waals surface area contributed by atoms with Crippen LogP contribution in [-0.4, -0.2) is 43.5 Å². The summed E-state index contributed by atoms with van der Waals surface area (Å²) in [6, 6.07) is 13.9. The van der Waals surface area contributed by atoms with E-state index < -0.39 is 6.61 Å². The summed E-state index contributed by atoms with van der Waals surface area (Å²) in [5.74, 6) is -0.593. The van der Waals surface area contributed by atoms with Gasteiger partial charge in [-0.15, -0.1) is 0 Å². The van der Waals surface area contributed by atoms with Crippen molar-refractivity contribution in [1.82, 2.24) is 4.90 Å². The molecule has 3 rings (SSSR count). The number of methoxy groups -OCH3 is 1. The maximum atomic E-state index is 12.6. The van der Waals surface area contributed by atoms with Crippen LogP contribution in [0.3, 0.4) is 0 Å². The third-order valence-corrected chi connectivity index (χ3v) is 5.04. The average Bonchev–Trinajstić information content (AvgIpc) is 2.78. The second kappa shape index (κ2) is 10.6. The predicted molar refractivity (Wildman–Crippen MR) is 113 cm³/mol. The number of nitrogens with zero attached hydrogens (tertiary/aromatic N) is 1. The summed E-state index contributed by atoms with van der Waals surface area (Å²) in [6.07, 6.45) is 4.35. The first kappa shape index (κ1) is 22.3. The molecule has 0 aromatic heterocycles. The second-order valence-corrected chi connectivity index (χ2v) is 7.08. The summed E-state index contributed by atoms with van der Waals surface area (Å²) in [7, 11) is 1.34. The van der Waals surface area contributed by atoms with Gasteiger partial charge < -0.3 is 19.7 Å². The van der Waals surface area contributed by atoms with E-state index in [1.807, 2.05) is 30.3 Å². The second-order valence-electron chi connectivity index (χ2n) is 7.08. The lowest BCUT2D eigenvalue weighted by atomic mass is 9.95. The molecule has 0 spiro atoms. The van der Waals surface area contributed by atoms with Crippen molar-refractivity contribution < 1.29 is 27.8 Å².